The van der Waals surface area contributed by atoms with Gasteiger partial charge in [-0.3, -0.25) is 4.79 Å². The molecule has 0 bridgehead atoms. The van der Waals surface area contributed by atoms with Crippen molar-refractivity contribution in [2.75, 3.05) is 46.2 Å². The van der Waals surface area contributed by atoms with Crippen LogP contribution in [0.5, 0.6) is 0 Å². The van der Waals surface area contributed by atoms with Crippen LogP contribution in [0.3, 0.4) is 0 Å². The number of likely N-dealkylation sites (N-methyl/N-ethyl adjacent to an activating group) is 1. The highest BCUT2D eigenvalue weighted by Gasteiger charge is 1.95. The van der Waals surface area contributed by atoms with Gasteiger partial charge in [0.25, 0.3) is 0 Å². The standard InChI is InChI=1S/C8H18N2O2S/c1-10(2)4-6-12-5-3-9-8(11)7-13/h13H,3-7H2,1-2H3,(H,9,11). The van der Waals surface area contributed by atoms with Crippen molar-refractivity contribution in [1.82, 2.24) is 10.2 Å². The Kier molecular flexibility index (Phi) is 8.18. The minimum Gasteiger partial charge on any atom is -0.378 e. The van der Waals surface area contributed by atoms with E-state index in [0.717, 1.165) is 6.54 Å². The van der Waals surface area contributed by atoms with E-state index in [9.17, 15) is 4.79 Å². The fourth-order valence-corrected chi connectivity index (χ4v) is 0.780. The van der Waals surface area contributed by atoms with E-state index in [1.165, 1.54) is 0 Å². The smallest absolute Gasteiger partial charge is 0.229 e. The van der Waals surface area contributed by atoms with Gasteiger partial charge in [-0.25, -0.2) is 0 Å². The maximum Gasteiger partial charge on any atom is 0.229 e. The summed E-state index contributed by atoms with van der Waals surface area (Å²) in [5.41, 5.74) is 0. The van der Waals surface area contributed by atoms with Crippen LogP contribution in [-0.4, -0.2) is 57.0 Å². The van der Waals surface area contributed by atoms with Gasteiger partial charge >= 0.3 is 0 Å². The second kappa shape index (κ2) is 8.34. The van der Waals surface area contributed by atoms with Crippen LogP contribution >= 0.6 is 12.6 Å². The number of ether oxygens (including phenoxy) is 1. The molecule has 0 aliphatic rings. The van der Waals surface area contributed by atoms with Crippen molar-refractivity contribution in [3.8, 4) is 0 Å². The molecular formula is C8H18N2O2S. The van der Waals surface area contributed by atoms with Gasteiger partial charge < -0.3 is 15.0 Å². The molecule has 4 nitrogen and oxygen atoms in total. The van der Waals surface area contributed by atoms with Gasteiger partial charge in [-0.15, -0.1) is 0 Å². The molecule has 0 radical (unpaired) electrons. The molecule has 0 aliphatic heterocycles. The Morgan fingerprint density at radius 1 is 1.46 bits per heavy atom. The SMILES string of the molecule is CN(C)CCOCCNC(=O)CS. The number of rotatable bonds is 7. The Morgan fingerprint density at radius 3 is 2.69 bits per heavy atom. The van der Waals surface area contributed by atoms with Gasteiger partial charge in [-0.2, -0.15) is 12.6 Å². The number of amides is 1. The molecule has 0 heterocycles. The van der Waals surface area contributed by atoms with E-state index in [0.29, 0.717) is 19.8 Å². The summed E-state index contributed by atoms with van der Waals surface area (Å²) < 4.78 is 5.26. The Balaban J connectivity index is 3.04. The summed E-state index contributed by atoms with van der Waals surface area (Å²) in [5, 5.41) is 2.67. The second-order valence-electron chi connectivity index (χ2n) is 2.92. The zero-order chi connectivity index (χ0) is 10.1. The van der Waals surface area contributed by atoms with Crippen LogP contribution < -0.4 is 5.32 Å². The first-order valence-electron chi connectivity index (χ1n) is 4.27. The third-order valence-corrected chi connectivity index (χ3v) is 1.68. The lowest BCUT2D eigenvalue weighted by atomic mass is 10.6. The van der Waals surface area contributed by atoms with E-state index < -0.39 is 0 Å². The summed E-state index contributed by atoms with van der Waals surface area (Å²) >= 11 is 3.83. The van der Waals surface area contributed by atoms with Crippen LogP contribution in [0.15, 0.2) is 0 Å². The molecule has 0 aliphatic carbocycles. The summed E-state index contributed by atoms with van der Waals surface area (Å²) in [6.07, 6.45) is 0. The molecule has 0 spiro atoms. The van der Waals surface area contributed by atoms with Gasteiger partial charge in [0.2, 0.25) is 5.91 Å². The van der Waals surface area contributed by atoms with Gasteiger partial charge in [0.05, 0.1) is 19.0 Å². The summed E-state index contributed by atoms with van der Waals surface area (Å²) in [4.78, 5) is 12.7. The van der Waals surface area contributed by atoms with Gasteiger partial charge in [0.15, 0.2) is 0 Å². The van der Waals surface area contributed by atoms with Crippen LogP contribution in [0.4, 0.5) is 0 Å². The van der Waals surface area contributed by atoms with Gasteiger partial charge in [0, 0.05) is 13.1 Å². The number of carbonyl (C=O) groups is 1. The molecule has 0 atom stereocenters. The minimum absolute atomic E-state index is 0.0560. The number of carbonyl (C=O) groups excluding carboxylic acids is 1. The van der Waals surface area contributed by atoms with Crippen molar-refractivity contribution >= 4 is 18.5 Å². The second-order valence-corrected chi connectivity index (χ2v) is 3.24. The fourth-order valence-electron chi connectivity index (χ4n) is 0.668. The maximum absolute atomic E-state index is 10.7. The van der Waals surface area contributed by atoms with Crippen LogP contribution in [0, 0.1) is 0 Å². The van der Waals surface area contributed by atoms with Crippen LogP contribution in [0.25, 0.3) is 0 Å². The average molecular weight is 206 g/mol. The molecule has 0 aromatic carbocycles. The molecule has 78 valence electrons. The fraction of sp³-hybridized carbons (Fsp3) is 0.875. The van der Waals surface area contributed by atoms with Crippen molar-refractivity contribution in [3.05, 3.63) is 0 Å². The number of nitrogens with zero attached hydrogens (tertiary/aromatic N) is 1. The Labute approximate surface area is 85.0 Å². The van der Waals surface area contributed by atoms with Crippen molar-refractivity contribution in [1.29, 1.82) is 0 Å². The monoisotopic (exact) mass is 206 g/mol. The first-order valence-corrected chi connectivity index (χ1v) is 4.90. The van der Waals surface area contributed by atoms with Crippen LogP contribution in [0.1, 0.15) is 0 Å². The Hall–Kier alpha value is -0.260. The summed E-state index contributed by atoms with van der Waals surface area (Å²) in [5.74, 6) is 0.178. The molecule has 0 saturated carbocycles. The Bertz CT molecular complexity index is 142. The normalized spacial score (nSPS) is 10.5. The first-order chi connectivity index (χ1) is 6.16. The molecule has 0 unspecified atom stereocenters. The van der Waals surface area contributed by atoms with E-state index in [-0.39, 0.29) is 11.7 Å². The number of hydrogen-bond donors (Lipinski definition) is 2. The molecule has 0 fully saturated rings. The molecule has 0 aromatic rings. The zero-order valence-electron chi connectivity index (χ0n) is 8.25. The summed E-state index contributed by atoms with van der Waals surface area (Å²) in [6, 6.07) is 0. The Morgan fingerprint density at radius 2 is 2.15 bits per heavy atom. The highest BCUT2D eigenvalue weighted by Crippen LogP contribution is 1.78. The number of hydrogen-bond acceptors (Lipinski definition) is 4. The maximum atomic E-state index is 10.7. The van der Waals surface area contributed by atoms with Crippen molar-refractivity contribution in [2.24, 2.45) is 0 Å². The number of thiol groups is 1. The van der Waals surface area contributed by atoms with Gasteiger partial charge in [0.1, 0.15) is 0 Å². The van der Waals surface area contributed by atoms with E-state index in [1.807, 2.05) is 19.0 Å². The van der Waals surface area contributed by atoms with Gasteiger partial charge in [-0.05, 0) is 14.1 Å². The van der Waals surface area contributed by atoms with Crippen LogP contribution in [-0.2, 0) is 9.53 Å². The molecule has 0 rings (SSSR count). The lowest BCUT2D eigenvalue weighted by Crippen LogP contribution is -2.29. The molecule has 1 N–H and O–H groups in total. The van der Waals surface area contributed by atoms with E-state index in [2.05, 4.69) is 17.9 Å². The molecule has 0 aromatic heterocycles. The van der Waals surface area contributed by atoms with Gasteiger partial charge in [-0.1, -0.05) is 0 Å². The average Bonchev–Trinajstić information content (AvgIpc) is 2.10. The molecule has 13 heavy (non-hydrogen) atoms. The zero-order valence-corrected chi connectivity index (χ0v) is 9.14. The lowest BCUT2D eigenvalue weighted by molar-refractivity contribution is -0.118. The van der Waals surface area contributed by atoms with Crippen LogP contribution in [0.2, 0.25) is 0 Å². The van der Waals surface area contributed by atoms with Crippen molar-refractivity contribution in [2.45, 2.75) is 0 Å². The van der Waals surface area contributed by atoms with Crippen molar-refractivity contribution in [3.63, 3.8) is 0 Å². The topological polar surface area (TPSA) is 41.6 Å². The predicted octanol–water partition coefficient (Wildman–Crippen LogP) is -0.389. The predicted molar refractivity (Wildman–Crippen MR) is 56.2 cm³/mol. The molecule has 1 amide bonds. The number of nitrogens with one attached hydrogen (secondary N) is 1. The summed E-state index contributed by atoms with van der Waals surface area (Å²) in [7, 11) is 3.98. The quantitative estimate of drug-likeness (QED) is 0.440. The molecule has 0 saturated heterocycles. The summed E-state index contributed by atoms with van der Waals surface area (Å²) in [6.45, 7) is 2.73. The first kappa shape index (κ1) is 12.7. The van der Waals surface area contributed by atoms with E-state index in [1.54, 1.807) is 0 Å². The van der Waals surface area contributed by atoms with Crippen molar-refractivity contribution < 1.29 is 9.53 Å². The third kappa shape index (κ3) is 9.66. The van der Waals surface area contributed by atoms with E-state index in [4.69, 9.17) is 4.74 Å². The van der Waals surface area contributed by atoms with E-state index >= 15 is 0 Å². The third-order valence-electron chi connectivity index (χ3n) is 1.40. The largest absolute Gasteiger partial charge is 0.378 e. The minimum atomic E-state index is -0.0560. The molecular weight excluding hydrogens is 188 g/mol. The highest BCUT2D eigenvalue weighted by molar-refractivity contribution is 7.81. The molecule has 5 heteroatoms. The lowest BCUT2D eigenvalue weighted by Gasteiger charge is -2.09. The highest BCUT2D eigenvalue weighted by atomic mass is 32.1.